The van der Waals surface area contributed by atoms with E-state index in [0.717, 1.165) is 18.6 Å². The molecule has 0 bridgehead atoms. The summed E-state index contributed by atoms with van der Waals surface area (Å²) in [7, 11) is 0. The van der Waals surface area contributed by atoms with Crippen molar-refractivity contribution in [2.75, 3.05) is 18.5 Å². The van der Waals surface area contributed by atoms with Gasteiger partial charge in [-0.1, -0.05) is 19.1 Å². The third-order valence-electron chi connectivity index (χ3n) is 2.62. The number of hydrogen-bond acceptors (Lipinski definition) is 4. The monoisotopic (exact) mass is 304 g/mol. The summed E-state index contributed by atoms with van der Waals surface area (Å²) in [5, 5.41) is 5.32. The Balaban J connectivity index is 2.75. The summed E-state index contributed by atoms with van der Waals surface area (Å²) in [5.74, 6) is -1.36. The Bertz CT molecular complexity index is 567. The van der Waals surface area contributed by atoms with E-state index in [2.05, 4.69) is 15.4 Å². The van der Waals surface area contributed by atoms with Gasteiger partial charge in [-0.25, -0.2) is 4.79 Å². The SMILES string of the molecule is CCCNC(=O)c1ccccc1NC(=O)/C=C/C(=O)OCC. The van der Waals surface area contributed by atoms with E-state index < -0.39 is 11.9 Å². The van der Waals surface area contributed by atoms with Crippen LogP contribution < -0.4 is 10.6 Å². The Labute approximate surface area is 129 Å². The highest BCUT2D eigenvalue weighted by atomic mass is 16.5. The van der Waals surface area contributed by atoms with Crippen molar-refractivity contribution < 1.29 is 19.1 Å². The molecule has 0 aliphatic heterocycles. The van der Waals surface area contributed by atoms with Crippen molar-refractivity contribution >= 4 is 23.5 Å². The van der Waals surface area contributed by atoms with Crippen LogP contribution >= 0.6 is 0 Å². The molecule has 0 aromatic heterocycles. The zero-order valence-electron chi connectivity index (χ0n) is 12.7. The molecule has 6 heteroatoms. The molecule has 0 atom stereocenters. The Morgan fingerprint density at radius 3 is 2.55 bits per heavy atom. The fourth-order valence-electron chi connectivity index (χ4n) is 1.63. The smallest absolute Gasteiger partial charge is 0.330 e. The minimum absolute atomic E-state index is 0.241. The van der Waals surface area contributed by atoms with Gasteiger partial charge < -0.3 is 15.4 Å². The Kier molecular flexibility index (Phi) is 7.39. The van der Waals surface area contributed by atoms with Crippen molar-refractivity contribution in [1.82, 2.24) is 5.32 Å². The van der Waals surface area contributed by atoms with Gasteiger partial charge in [0, 0.05) is 18.7 Å². The lowest BCUT2D eigenvalue weighted by molar-refractivity contribution is -0.137. The maximum Gasteiger partial charge on any atom is 0.330 e. The molecule has 1 rings (SSSR count). The maximum atomic E-state index is 12.0. The second kappa shape index (κ2) is 9.33. The van der Waals surface area contributed by atoms with Gasteiger partial charge in [0.15, 0.2) is 0 Å². The lowest BCUT2D eigenvalue weighted by Crippen LogP contribution is -2.25. The summed E-state index contributed by atoms with van der Waals surface area (Å²) in [5.41, 5.74) is 0.753. The van der Waals surface area contributed by atoms with Gasteiger partial charge in [0.2, 0.25) is 5.91 Å². The molecule has 2 amide bonds. The number of esters is 1. The van der Waals surface area contributed by atoms with Crippen molar-refractivity contribution in [1.29, 1.82) is 0 Å². The third kappa shape index (κ3) is 5.78. The van der Waals surface area contributed by atoms with Crippen LogP contribution in [0.5, 0.6) is 0 Å². The molecule has 1 aromatic carbocycles. The van der Waals surface area contributed by atoms with Crippen LogP contribution in [-0.2, 0) is 14.3 Å². The second-order valence-electron chi connectivity index (χ2n) is 4.38. The fourth-order valence-corrected chi connectivity index (χ4v) is 1.63. The highest BCUT2D eigenvalue weighted by Gasteiger charge is 2.11. The van der Waals surface area contributed by atoms with E-state index in [-0.39, 0.29) is 12.5 Å². The van der Waals surface area contributed by atoms with Gasteiger partial charge in [0.05, 0.1) is 17.9 Å². The summed E-state index contributed by atoms with van der Waals surface area (Å²) in [6.07, 6.45) is 2.93. The first-order valence-corrected chi connectivity index (χ1v) is 7.11. The summed E-state index contributed by atoms with van der Waals surface area (Å²) in [6, 6.07) is 6.67. The Morgan fingerprint density at radius 2 is 1.86 bits per heavy atom. The van der Waals surface area contributed by atoms with Gasteiger partial charge >= 0.3 is 5.97 Å². The average molecular weight is 304 g/mol. The molecule has 118 valence electrons. The standard InChI is InChI=1S/C16H20N2O4/c1-3-11-17-16(21)12-7-5-6-8-13(12)18-14(19)9-10-15(20)22-4-2/h5-10H,3-4,11H2,1-2H3,(H,17,21)(H,18,19)/b10-9+. The molecule has 0 spiro atoms. The van der Waals surface area contributed by atoms with Crippen molar-refractivity contribution in [2.45, 2.75) is 20.3 Å². The van der Waals surface area contributed by atoms with Gasteiger partial charge in [-0.3, -0.25) is 9.59 Å². The zero-order valence-corrected chi connectivity index (χ0v) is 12.7. The van der Waals surface area contributed by atoms with Crippen LogP contribution in [0.25, 0.3) is 0 Å². The van der Waals surface area contributed by atoms with E-state index in [9.17, 15) is 14.4 Å². The molecule has 0 heterocycles. The first kappa shape index (κ1) is 17.4. The molecule has 22 heavy (non-hydrogen) atoms. The quantitative estimate of drug-likeness (QED) is 0.595. The minimum Gasteiger partial charge on any atom is -0.463 e. The first-order valence-electron chi connectivity index (χ1n) is 7.11. The highest BCUT2D eigenvalue weighted by Crippen LogP contribution is 2.14. The molecular formula is C16H20N2O4. The van der Waals surface area contributed by atoms with Gasteiger partial charge in [-0.15, -0.1) is 0 Å². The maximum absolute atomic E-state index is 12.0. The van der Waals surface area contributed by atoms with Crippen LogP contribution in [-0.4, -0.2) is 30.9 Å². The van der Waals surface area contributed by atoms with E-state index in [1.54, 1.807) is 31.2 Å². The van der Waals surface area contributed by atoms with Gasteiger partial charge in [-0.2, -0.15) is 0 Å². The second-order valence-corrected chi connectivity index (χ2v) is 4.38. The molecule has 0 saturated heterocycles. The Morgan fingerprint density at radius 1 is 1.14 bits per heavy atom. The first-order chi connectivity index (χ1) is 10.6. The summed E-state index contributed by atoms with van der Waals surface area (Å²) >= 11 is 0. The number of anilines is 1. The topological polar surface area (TPSA) is 84.5 Å². The lowest BCUT2D eigenvalue weighted by atomic mass is 10.1. The zero-order chi connectivity index (χ0) is 16.4. The number of hydrogen-bond donors (Lipinski definition) is 2. The molecule has 1 aromatic rings. The molecule has 0 radical (unpaired) electrons. The molecule has 0 unspecified atom stereocenters. The van der Waals surface area contributed by atoms with E-state index in [0.29, 0.717) is 17.8 Å². The number of carbonyl (C=O) groups excluding carboxylic acids is 3. The minimum atomic E-state index is -0.591. The van der Waals surface area contributed by atoms with E-state index in [1.165, 1.54) is 0 Å². The predicted molar refractivity (Wildman–Crippen MR) is 83.5 cm³/mol. The van der Waals surface area contributed by atoms with E-state index in [4.69, 9.17) is 0 Å². The van der Waals surface area contributed by atoms with Crippen LogP contribution in [0.4, 0.5) is 5.69 Å². The van der Waals surface area contributed by atoms with Crippen molar-refractivity contribution in [3.8, 4) is 0 Å². The number of amides is 2. The average Bonchev–Trinajstić information content (AvgIpc) is 2.51. The number of ether oxygens (including phenoxy) is 1. The normalized spacial score (nSPS) is 10.3. The van der Waals surface area contributed by atoms with Crippen LogP contribution in [0, 0.1) is 0 Å². The van der Waals surface area contributed by atoms with Crippen LogP contribution in [0.2, 0.25) is 0 Å². The largest absolute Gasteiger partial charge is 0.463 e. The fraction of sp³-hybridized carbons (Fsp3) is 0.312. The summed E-state index contributed by atoms with van der Waals surface area (Å²) in [6.45, 7) is 4.43. The molecule has 0 fully saturated rings. The molecule has 0 saturated carbocycles. The van der Waals surface area contributed by atoms with Crippen molar-refractivity contribution in [3.05, 3.63) is 42.0 Å². The number of para-hydroxylation sites is 1. The molecule has 0 aliphatic carbocycles. The van der Waals surface area contributed by atoms with E-state index in [1.807, 2.05) is 6.92 Å². The number of rotatable bonds is 7. The van der Waals surface area contributed by atoms with Crippen LogP contribution in [0.3, 0.4) is 0 Å². The van der Waals surface area contributed by atoms with E-state index >= 15 is 0 Å². The summed E-state index contributed by atoms with van der Waals surface area (Å²) < 4.78 is 4.68. The number of benzene rings is 1. The summed E-state index contributed by atoms with van der Waals surface area (Å²) in [4.78, 5) is 34.9. The van der Waals surface area contributed by atoms with Crippen molar-refractivity contribution in [2.24, 2.45) is 0 Å². The van der Waals surface area contributed by atoms with Crippen molar-refractivity contribution in [3.63, 3.8) is 0 Å². The lowest BCUT2D eigenvalue weighted by Gasteiger charge is -2.09. The molecular weight excluding hydrogens is 284 g/mol. The van der Waals surface area contributed by atoms with Crippen LogP contribution in [0.1, 0.15) is 30.6 Å². The molecule has 0 aliphatic rings. The van der Waals surface area contributed by atoms with Gasteiger partial charge in [0.1, 0.15) is 0 Å². The number of carbonyl (C=O) groups is 3. The molecule has 6 nitrogen and oxygen atoms in total. The molecule has 2 N–H and O–H groups in total. The van der Waals surface area contributed by atoms with Crippen LogP contribution in [0.15, 0.2) is 36.4 Å². The Hall–Kier alpha value is -2.63. The highest BCUT2D eigenvalue weighted by molar-refractivity contribution is 6.07. The number of nitrogens with one attached hydrogen (secondary N) is 2. The van der Waals surface area contributed by atoms with Gasteiger partial charge in [-0.05, 0) is 25.5 Å². The van der Waals surface area contributed by atoms with Gasteiger partial charge in [0.25, 0.3) is 5.91 Å². The third-order valence-corrected chi connectivity index (χ3v) is 2.62. The predicted octanol–water partition coefficient (Wildman–Crippen LogP) is 1.88.